The molecule has 2 amide bonds. The molecule has 4 rings (SSSR count). The molecule has 7 nitrogen and oxygen atoms in total. The molecule has 1 fully saturated rings. The highest BCUT2D eigenvalue weighted by Gasteiger charge is 2.35. The van der Waals surface area contributed by atoms with Crippen molar-refractivity contribution in [3.8, 4) is 5.75 Å². The van der Waals surface area contributed by atoms with Crippen molar-refractivity contribution in [3.05, 3.63) is 47.7 Å². The number of piperazine rings is 1. The zero-order valence-electron chi connectivity index (χ0n) is 15.5. The first-order valence-electron chi connectivity index (χ1n) is 9.33. The lowest BCUT2D eigenvalue weighted by molar-refractivity contribution is -0.137. The molecule has 0 saturated carbocycles. The summed E-state index contributed by atoms with van der Waals surface area (Å²) in [6.07, 6.45) is -2.27. The normalized spacial score (nSPS) is 20.0. The van der Waals surface area contributed by atoms with E-state index in [-0.39, 0.29) is 12.1 Å². The van der Waals surface area contributed by atoms with Crippen molar-refractivity contribution in [2.24, 2.45) is 0 Å². The Balaban J connectivity index is 1.42. The molecule has 3 heterocycles. The Labute approximate surface area is 165 Å². The van der Waals surface area contributed by atoms with E-state index in [2.05, 4.69) is 20.4 Å². The van der Waals surface area contributed by atoms with Crippen LogP contribution < -0.4 is 10.1 Å². The van der Waals surface area contributed by atoms with Crippen molar-refractivity contribution < 1.29 is 22.7 Å². The van der Waals surface area contributed by atoms with Gasteiger partial charge in [-0.05, 0) is 30.3 Å². The number of nitrogens with one attached hydrogen (secondary N) is 1. The van der Waals surface area contributed by atoms with E-state index in [1.54, 1.807) is 17.0 Å². The van der Waals surface area contributed by atoms with Crippen molar-refractivity contribution in [1.82, 2.24) is 20.0 Å². The minimum Gasteiger partial charge on any atom is -0.493 e. The van der Waals surface area contributed by atoms with Crippen LogP contribution >= 0.6 is 0 Å². The lowest BCUT2D eigenvalue weighted by Gasteiger charge is -2.41. The smallest absolute Gasteiger partial charge is 0.416 e. The van der Waals surface area contributed by atoms with Crippen LogP contribution in [0.1, 0.15) is 23.6 Å². The summed E-state index contributed by atoms with van der Waals surface area (Å²) in [6.45, 7) is 2.52. The Morgan fingerprint density at radius 3 is 2.66 bits per heavy atom. The highest BCUT2D eigenvalue weighted by atomic mass is 19.4. The molecular formula is C19H20F3N5O2. The highest BCUT2D eigenvalue weighted by molar-refractivity contribution is 5.88. The van der Waals surface area contributed by atoms with Crippen LogP contribution in [-0.2, 0) is 6.18 Å². The average molecular weight is 407 g/mol. The number of aromatic nitrogens is 2. The summed E-state index contributed by atoms with van der Waals surface area (Å²) < 4.78 is 45.0. The summed E-state index contributed by atoms with van der Waals surface area (Å²) in [4.78, 5) is 16.2. The number of carbonyl (C=O) groups is 1. The number of alkyl halides is 3. The minimum atomic E-state index is -4.39. The lowest BCUT2D eigenvalue weighted by atomic mass is 9.96. The van der Waals surface area contributed by atoms with E-state index in [4.69, 9.17) is 4.74 Å². The van der Waals surface area contributed by atoms with Crippen LogP contribution in [0.5, 0.6) is 5.75 Å². The largest absolute Gasteiger partial charge is 0.493 e. The van der Waals surface area contributed by atoms with Gasteiger partial charge in [0.05, 0.1) is 12.2 Å². The molecule has 0 aliphatic carbocycles. The van der Waals surface area contributed by atoms with Gasteiger partial charge in [-0.1, -0.05) is 0 Å². The van der Waals surface area contributed by atoms with Crippen LogP contribution in [0.3, 0.4) is 0 Å². The number of anilines is 1. The predicted octanol–water partition coefficient (Wildman–Crippen LogP) is 3.17. The molecule has 1 aromatic carbocycles. The van der Waals surface area contributed by atoms with Gasteiger partial charge in [-0.3, -0.25) is 10.2 Å². The molecule has 154 valence electrons. The molecule has 1 saturated heterocycles. The number of benzene rings is 1. The number of halogens is 3. The molecule has 0 radical (unpaired) electrons. The Hall–Kier alpha value is -2.88. The Morgan fingerprint density at radius 2 is 1.97 bits per heavy atom. The van der Waals surface area contributed by atoms with Gasteiger partial charge < -0.3 is 9.64 Å². The number of urea groups is 1. The Morgan fingerprint density at radius 1 is 1.17 bits per heavy atom. The van der Waals surface area contributed by atoms with Crippen LogP contribution in [0.4, 0.5) is 23.8 Å². The summed E-state index contributed by atoms with van der Waals surface area (Å²) in [6, 6.07) is 6.54. The first kappa shape index (κ1) is 19.4. The van der Waals surface area contributed by atoms with Gasteiger partial charge >= 0.3 is 12.2 Å². The van der Waals surface area contributed by atoms with Crippen molar-refractivity contribution >= 4 is 11.8 Å². The number of hydrogen-bond acceptors (Lipinski definition) is 5. The van der Waals surface area contributed by atoms with Crippen molar-refractivity contribution in [2.75, 3.05) is 38.1 Å². The zero-order valence-corrected chi connectivity index (χ0v) is 15.5. The Kier molecular flexibility index (Phi) is 5.27. The molecule has 1 unspecified atom stereocenters. The maximum atomic E-state index is 13.1. The third-order valence-corrected chi connectivity index (χ3v) is 5.19. The van der Waals surface area contributed by atoms with Crippen LogP contribution in [-0.4, -0.2) is 58.8 Å². The van der Waals surface area contributed by atoms with Gasteiger partial charge in [0, 0.05) is 50.4 Å². The van der Waals surface area contributed by atoms with E-state index in [9.17, 15) is 18.0 Å². The van der Waals surface area contributed by atoms with Gasteiger partial charge in [-0.25, -0.2) is 4.79 Å². The second kappa shape index (κ2) is 7.86. The summed E-state index contributed by atoms with van der Waals surface area (Å²) in [5, 5.41) is 10.2. The molecule has 2 aliphatic heterocycles. The quantitative estimate of drug-likeness (QED) is 0.828. The number of ether oxygens (including phenoxy) is 1. The number of amides is 2. The summed E-state index contributed by atoms with van der Waals surface area (Å²) in [5.74, 6) is 0.870. The first-order valence-corrected chi connectivity index (χ1v) is 9.33. The maximum absolute atomic E-state index is 13.1. The predicted molar refractivity (Wildman–Crippen MR) is 98.5 cm³/mol. The standard InChI is InChI=1S/C19H20F3N5O2/c20-19(21,22)13-3-4-16-14(12-13)15(5-11-29-16)26-7-9-27(10-8-26)18(28)24-17-2-1-6-23-25-17/h1-4,6,12,15H,5,7-11H2,(H,24,25,28). The third-order valence-electron chi connectivity index (χ3n) is 5.19. The monoisotopic (exact) mass is 407 g/mol. The van der Waals surface area contributed by atoms with Crippen molar-refractivity contribution in [3.63, 3.8) is 0 Å². The second-order valence-corrected chi connectivity index (χ2v) is 6.97. The Bertz CT molecular complexity index is 870. The number of carbonyl (C=O) groups excluding carboxylic acids is 1. The van der Waals surface area contributed by atoms with E-state index in [1.165, 1.54) is 18.3 Å². The van der Waals surface area contributed by atoms with E-state index in [0.717, 1.165) is 6.07 Å². The molecule has 1 aromatic heterocycles. The summed E-state index contributed by atoms with van der Waals surface area (Å²) >= 11 is 0. The van der Waals surface area contributed by atoms with Gasteiger partial charge in [0.1, 0.15) is 5.75 Å². The zero-order chi connectivity index (χ0) is 20.4. The number of nitrogens with zero attached hydrogens (tertiary/aromatic N) is 4. The van der Waals surface area contributed by atoms with Crippen LogP contribution in [0, 0.1) is 0 Å². The molecule has 10 heteroatoms. The van der Waals surface area contributed by atoms with Crippen molar-refractivity contribution in [2.45, 2.75) is 18.6 Å². The fraction of sp³-hybridized carbons (Fsp3) is 0.421. The number of fused-ring (bicyclic) bond motifs is 1. The van der Waals surface area contributed by atoms with Gasteiger partial charge in [-0.15, -0.1) is 5.10 Å². The number of hydrogen-bond donors (Lipinski definition) is 1. The first-order chi connectivity index (χ1) is 13.9. The minimum absolute atomic E-state index is 0.161. The number of rotatable bonds is 2. The van der Waals surface area contributed by atoms with E-state index >= 15 is 0 Å². The summed E-state index contributed by atoms with van der Waals surface area (Å²) in [5.41, 5.74) is -0.114. The second-order valence-electron chi connectivity index (χ2n) is 6.97. The lowest BCUT2D eigenvalue weighted by Crippen LogP contribution is -2.51. The fourth-order valence-electron chi connectivity index (χ4n) is 3.73. The molecule has 0 spiro atoms. The topological polar surface area (TPSA) is 70.6 Å². The van der Waals surface area contributed by atoms with Gasteiger partial charge in [0.2, 0.25) is 0 Å². The van der Waals surface area contributed by atoms with Gasteiger partial charge in [0.25, 0.3) is 0 Å². The van der Waals surface area contributed by atoms with Crippen LogP contribution in [0.25, 0.3) is 0 Å². The van der Waals surface area contributed by atoms with Crippen molar-refractivity contribution in [1.29, 1.82) is 0 Å². The molecule has 1 atom stereocenters. The SMILES string of the molecule is O=C(Nc1cccnn1)N1CCN(C2CCOc3ccc(C(F)(F)F)cc32)CC1. The van der Waals surface area contributed by atoms with Gasteiger partial charge in [-0.2, -0.15) is 18.3 Å². The third kappa shape index (κ3) is 4.26. The molecular weight excluding hydrogens is 387 g/mol. The van der Waals surface area contributed by atoms with E-state index in [1.807, 2.05) is 0 Å². The fourth-order valence-corrected chi connectivity index (χ4v) is 3.73. The average Bonchev–Trinajstić information content (AvgIpc) is 2.73. The molecule has 2 aliphatic rings. The van der Waals surface area contributed by atoms with Gasteiger partial charge in [0.15, 0.2) is 5.82 Å². The maximum Gasteiger partial charge on any atom is 0.416 e. The van der Waals surface area contributed by atoms with E-state index in [0.29, 0.717) is 56.3 Å². The molecule has 1 N–H and O–H groups in total. The molecule has 29 heavy (non-hydrogen) atoms. The highest BCUT2D eigenvalue weighted by Crippen LogP contribution is 2.40. The summed E-state index contributed by atoms with van der Waals surface area (Å²) in [7, 11) is 0. The molecule has 0 bridgehead atoms. The van der Waals surface area contributed by atoms with E-state index < -0.39 is 11.7 Å². The van der Waals surface area contributed by atoms with Crippen LogP contribution in [0.15, 0.2) is 36.5 Å². The van der Waals surface area contributed by atoms with Crippen LogP contribution in [0.2, 0.25) is 0 Å². The molecule has 2 aromatic rings.